The van der Waals surface area contributed by atoms with Crippen molar-refractivity contribution in [2.24, 2.45) is 0 Å². The van der Waals surface area contributed by atoms with Crippen LogP contribution in [-0.2, 0) is 4.79 Å². The molecule has 0 fully saturated rings. The van der Waals surface area contributed by atoms with Crippen molar-refractivity contribution < 1.29 is 4.79 Å². The fourth-order valence-electron chi connectivity index (χ4n) is 0.537. The van der Waals surface area contributed by atoms with E-state index in [0.29, 0.717) is 0 Å². The van der Waals surface area contributed by atoms with E-state index in [1.165, 1.54) is 0 Å². The lowest BCUT2D eigenvalue weighted by Gasteiger charge is -2.16. The highest BCUT2D eigenvalue weighted by molar-refractivity contribution is 14.1. The number of rotatable bonds is 3. The van der Waals surface area contributed by atoms with Crippen LogP contribution < -0.4 is 0 Å². The molecule has 9 heavy (non-hydrogen) atoms. The van der Waals surface area contributed by atoms with E-state index in [0.717, 1.165) is 6.42 Å². The molecule has 0 rings (SSSR count). The lowest BCUT2D eigenvalue weighted by atomic mass is 10.0. The molecule has 0 radical (unpaired) electrons. The topological polar surface area (TPSA) is 17.1 Å². The second-order valence-corrected chi connectivity index (χ2v) is 3.90. The number of halogens is 1. The molecule has 0 N–H and O–H groups in total. The zero-order valence-electron chi connectivity index (χ0n) is 5.78. The summed E-state index contributed by atoms with van der Waals surface area (Å²) in [4.78, 5) is 10.8. The summed E-state index contributed by atoms with van der Waals surface area (Å²) in [5.74, 6) is 0.181. The van der Waals surface area contributed by atoms with Gasteiger partial charge in [0.05, 0.1) is 3.42 Å². The van der Waals surface area contributed by atoms with Crippen molar-refractivity contribution in [3.05, 3.63) is 12.7 Å². The SMILES string of the molecule is C=CC(I)(CC)C(C)=O. The molecule has 2 heteroatoms. The predicted molar refractivity (Wildman–Crippen MR) is 47.9 cm³/mol. The van der Waals surface area contributed by atoms with Crippen molar-refractivity contribution in [1.82, 2.24) is 0 Å². The first-order valence-corrected chi connectivity index (χ1v) is 3.98. The summed E-state index contributed by atoms with van der Waals surface area (Å²) in [7, 11) is 0. The van der Waals surface area contributed by atoms with Gasteiger partial charge in [-0.2, -0.15) is 0 Å². The Morgan fingerprint density at radius 2 is 2.33 bits per heavy atom. The molecule has 0 heterocycles. The van der Waals surface area contributed by atoms with E-state index < -0.39 is 0 Å². The van der Waals surface area contributed by atoms with Gasteiger partial charge in [-0.1, -0.05) is 35.6 Å². The van der Waals surface area contributed by atoms with Crippen LogP contribution in [0.4, 0.5) is 0 Å². The first kappa shape index (κ1) is 9.14. The molecule has 0 aromatic carbocycles. The van der Waals surface area contributed by atoms with Crippen LogP contribution in [0.5, 0.6) is 0 Å². The molecule has 0 aliphatic heterocycles. The lowest BCUT2D eigenvalue weighted by molar-refractivity contribution is -0.117. The molecule has 0 aliphatic carbocycles. The molecule has 1 atom stereocenters. The van der Waals surface area contributed by atoms with Gasteiger partial charge < -0.3 is 0 Å². The minimum atomic E-state index is -0.322. The zero-order chi connectivity index (χ0) is 7.49. The van der Waals surface area contributed by atoms with Gasteiger partial charge in [-0.05, 0) is 13.3 Å². The highest BCUT2D eigenvalue weighted by atomic mass is 127. The molecule has 0 bridgehead atoms. The van der Waals surface area contributed by atoms with Gasteiger partial charge in [0.25, 0.3) is 0 Å². The first-order valence-electron chi connectivity index (χ1n) is 2.90. The molecular formula is C7H11IO. The van der Waals surface area contributed by atoms with Crippen molar-refractivity contribution >= 4 is 28.4 Å². The quantitative estimate of drug-likeness (QED) is 0.419. The summed E-state index contributed by atoms with van der Waals surface area (Å²) >= 11 is 2.13. The molecule has 0 aromatic heterocycles. The average Bonchev–Trinajstić information content (AvgIpc) is 1.86. The molecular weight excluding hydrogens is 227 g/mol. The van der Waals surface area contributed by atoms with E-state index in [9.17, 15) is 4.79 Å². The average molecular weight is 238 g/mol. The van der Waals surface area contributed by atoms with Gasteiger partial charge in [0.1, 0.15) is 5.78 Å². The van der Waals surface area contributed by atoms with Crippen LogP contribution in [0.1, 0.15) is 20.3 Å². The standard InChI is InChI=1S/C7H11IO/c1-4-7(8,5-2)6(3)9/h4H,1,5H2,2-3H3. The zero-order valence-corrected chi connectivity index (χ0v) is 7.94. The van der Waals surface area contributed by atoms with Crippen LogP contribution >= 0.6 is 22.6 Å². The third-order valence-corrected chi connectivity index (χ3v) is 3.39. The molecule has 0 spiro atoms. The Labute approximate surface area is 69.7 Å². The maximum atomic E-state index is 10.8. The maximum Gasteiger partial charge on any atom is 0.149 e. The Hall–Kier alpha value is 0.140. The van der Waals surface area contributed by atoms with Gasteiger partial charge in [0.2, 0.25) is 0 Å². The summed E-state index contributed by atoms with van der Waals surface area (Å²) in [6.07, 6.45) is 2.53. The van der Waals surface area contributed by atoms with E-state index >= 15 is 0 Å². The van der Waals surface area contributed by atoms with Crippen molar-refractivity contribution in [3.8, 4) is 0 Å². The van der Waals surface area contributed by atoms with Crippen LogP contribution in [0, 0.1) is 0 Å². The third kappa shape index (κ3) is 2.08. The highest BCUT2D eigenvalue weighted by Gasteiger charge is 2.24. The van der Waals surface area contributed by atoms with Crippen molar-refractivity contribution in [3.63, 3.8) is 0 Å². The van der Waals surface area contributed by atoms with Gasteiger partial charge >= 0.3 is 0 Å². The maximum absolute atomic E-state index is 10.8. The van der Waals surface area contributed by atoms with Crippen LogP contribution in [0.25, 0.3) is 0 Å². The monoisotopic (exact) mass is 238 g/mol. The number of allylic oxidation sites excluding steroid dienone is 1. The Bertz CT molecular complexity index is 131. The summed E-state index contributed by atoms with van der Waals surface area (Å²) in [5, 5.41) is 0. The van der Waals surface area contributed by atoms with E-state index in [2.05, 4.69) is 29.2 Å². The molecule has 0 aliphatic rings. The summed E-state index contributed by atoms with van der Waals surface area (Å²) in [6, 6.07) is 0. The highest BCUT2D eigenvalue weighted by Crippen LogP contribution is 2.24. The molecule has 1 nitrogen and oxygen atoms in total. The molecule has 1 unspecified atom stereocenters. The lowest BCUT2D eigenvalue weighted by Crippen LogP contribution is -2.25. The fraction of sp³-hybridized carbons (Fsp3) is 0.571. The van der Waals surface area contributed by atoms with Gasteiger partial charge in [-0.25, -0.2) is 0 Å². The number of alkyl halides is 1. The molecule has 0 saturated carbocycles. The van der Waals surface area contributed by atoms with E-state index in [4.69, 9.17) is 0 Å². The summed E-state index contributed by atoms with van der Waals surface area (Å²) in [6.45, 7) is 7.17. The van der Waals surface area contributed by atoms with Crippen molar-refractivity contribution in [1.29, 1.82) is 0 Å². The van der Waals surface area contributed by atoms with Crippen LogP contribution in [0.15, 0.2) is 12.7 Å². The number of carbonyl (C=O) groups is 1. The Balaban J connectivity index is 4.27. The number of Topliss-reactive ketones (excluding diaryl/α,β-unsaturated/α-hetero) is 1. The molecule has 0 saturated heterocycles. The first-order chi connectivity index (χ1) is 4.06. The minimum absolute atomic E-state index is 0.181. The number of carbonyl (C=O) groups excluding carboxylic acids is 1. The number of hydrogen-bond acceptors (Lipinski definition) is 1. The van der Waals surface area contributed by atoms with Gasteiger partial charge in [0, 0.05) is 0 Å². The smallest absolute Gasteiger partial charge is 0.149 e. The van der Waals surface area contributed by atoms with Crippen molar-refractivity contribution in [2.75, 3.05) is 0 Å². The summed E-state index contributed by atoms with van der Waals surface area (Å²) in [5.41, 5.74) is 0. The van der Waals surface area contributed by atoms with Crippen LogP contribution in [0.2, 0.25) is 0 Å². The predicted octanol–water partition coefficient (Wildman–Crippen LogP) is 2.35. The van der Waals surface area contributed by atoms with E-state index in [1.807, 2.05) is 6.92 Å². The van der Waals surface area contributed by atoms with Crippen molar-refractivity contribution in [2.45, 2.75) is 23.7 Å². The van der Waals surface area contributed by atoms with Gasteiger partial charge in [0.15, 0.2) is 0 Å². The third-order valence-electron chi connectivity index (χ3n) is 1.42. The number of hydrogen-bond donors (Lipinski definition) is 0. The summed E-state index contributed by atoms with van der Waals surface area (Å²) < 4.78 is -0.322. The number of ketones is 1. The second-order valence-electron chi connectivity index (χ2n) is 1.98. The minimum Gasteiger partial charge on any atom is -0.298 e. The molecule has 0 amide bonds. The van der Waals surface area contributed by atoms with Crippen LogP contribution in [-0.4, -0.2) is 9.20 Å². The largest absolute Gasteiger partial charge is 0.298 e. The normalized spacial score (nSPS) is 16.3. The van der Waals surface area contributed by atoms with E-state index in [-0.39, 0.29) is 9.20 Å². The second kappa shape index (κ2) is 3.34. The van der Waals surface area contributed by atoms with Crippen LogP contribution in [0.3, 0.4) is 0 Å². The van der Waals surface area contributed by atoms with Gasteiger partial charge in [-0.15, -0.1) is 6.58 Å². The Kier molecular flexibility index (Phi) is 3.40. The van der Waals surface area contributed by atoms with E-state index in [1.54, 1.807) is 13.0 Å². The molecule has 0 aromatic rings. The fourth-order valence-corrected chi connectivity index (χ4v) is 0.537. The Morgan fingerprint density at radius 1 is 1.89 bits per heavy atom. The molecule has 52 valence electrons. The Morgan fingerprint density at radius 3 is 2.33 bits per heavy atom. The van der Waals surface area contributed by atoms with Gasteiger partial charge in [-0.3, -0.25) is 4.79 Å².